The first-order chi connectivity index (χ1) is 13.7. The molecule has 28 heavy (non-hydrogen) atoms. The molecule has 2 fully saturated rings. The Morgan fingerprint density at radius 3 is 2.75 bits per heavy atom. The maximum atomic E-state index is 13.0. The predicted molar refractivity (Wildman–Crippen MR) is 99.6 cm³/mol. The van der Waals surface area contributed by atoms with Gasteiger partial charge >= 0.3 is 0 Å². The van der Waals surface area contributed by atoms with Gasteiger partial charge in [0.05, 0.1) is 0 Å². The van der Waals surface area contributed by atoms with E-state index in [2.05, 4.69) is 20.1 Å². The van der Waals surface area contributed by atoms with Crippen molar-refractivity contribution in [3.63, 3.8) is 0 Å². The zero-order valence-corrected chi connectivity index (χ0v) is 15.2. The summed E-state index contributed by atoms with van der Waals surface area (Å²) in [6.07, 6.45) is 4.99. The minimum Gasteiger partial charge on any atom is -0.337 e. The van der Waals surface area contributed by atoms with Crippen molar-refractivity contribution in [2.75, 3.05) is 6.54 Å². The lowest BCUT2D eigenvalue weighted by atomic mass is 10.2. The Balaban J connectivity index is 1.40. The first-order valence-electron chi connectivity index (χ1n) is 9.50. The molecule has 1 unspecified atom stereocenters. The zero-order valence-electron chi connectivity index (χ0n) is 15.2. The van der Waals surface area contributed by atoms with Gasteiger partial charge in [0.2, 0.25) is 11.7 Å². The Kier molecular flexibility index (Phi) is 4.03. The van der Waals surface area contributed by atoms with E-state index in [4.69, 9.17) is 4.52 Å². The van der Waals surface area contributed by atoms with Crippen LogP contribution in [0.4, 0.5) is 0 Å². The van der Waals surface area contributed by atoms with Crippen molar-refractivity contribution in [3.8, 4) is 11.4 Å². The van der Waals surface area contributed by atoms with Crippen LogP contribution in [0.1, 0.15) is 59.7 Å². The van der Waals surface area contributed by atoms with Crippen LogP contribution in [0.15, 0.2) is 45.8 Å². The second-order valence-electron chi connectivity index (χ2n) is 7.26. The van der Waals surface area contributed by atoms with Gasteiger partial charge < -0.3 is 14.4 Å². The molecule has 1 saturated carbocycles. The second kappa shape index (κ2) is 6.70. The van der Waals surface area contributed by atoms with Crippen LogP contribution in [0, 0.1) is 0 Å². The fourth-order valence-corrected chi connectivity index (χ4v) is 3.62. The van der Waals surface area contributed by atoms with Crippen LogP contribution in [0.3, 0.4) is 0 Å². The lowest BCUT2D eigenvalue weighted by Crippen LogP contribution is -2.35. The van der Waals surface area contributed by atoms with E-state index < -0.39 is 0 Å². The smallest absolute Gasteiger partial charge is 0.263 e. The maximum Gasteiger partial charge on any atom is 0.263 e. The average molecular weight is 377 g/mol. The molecule has 1 atom stereocenters. The molecule has 1 aromatic carbocycles. The molecule has 2 aliphatic rings. The van der Waals surface area contributed by atoms with Crippen molar-refractivity contribution >= 4 is 5.91 Å². The molecule has 3 heterocycles. The first-order valence-corrected chi connectivity index (χ1v) is 9.50. The van der Waals surface area contributed by atoms with Crippen LogP contribution in [-0.2, 0) is 0 Å². The standard InChI is InChI=1S/C20H19N5O3/c26-18-14(11-21-16(22-18)13-8-9-13)20(27)25-10-4-7-15(25)19-23-17(24-28-19)12-5-2-1-3-6-12/h1-3,5-6,11,13,15H,4,7-10H2,(H,21,22,26). The van der Waals surface area contributed by atoms with Crippen LogP contribution in [0.25, 0.3) is 11.4 Å². The maximum absolute atomic E-state index is 13.0. The summed E-state index contributed by atoms with van der Waals surface area (Å²) in [5.41, 5.74) is 0.520. The molecule has 5 rings (SSSR count). The number of nitrogens with zero attached hydrogens (tertiary/aromatic N) is 4. The van der Waals surface area contributed by atoms with Gasteiger partial charge in [0.15, 0.2) is 0 Å². The van der Waals surface area contributed by atoms with Crippen molar-refractivity contribution in [2.45, 2.75) is 37.6 Å². The molecule has 8 heteroatoms. The number of aromatic nitrogens is 4. The van der Waals surface area contributed by atoms with Crippen molar-refractivity contribution in [1.82, 2.24) is 25.0 Å². The van der Waals surface area contributed by atoms with Crippen molar-refractivity contribution in [1.29, 1.82) is 0 Å². The highest BCUT2D eigenvalue weighted by Gasteiger charge is 2.36. The summed E-state index contributed by atoms with van der Waals surface area (Å²) < 4.78 is 5.45. The third-order valence-corrected chi connectivity index (χ3v) is 5.29. The van der Waals surface area contributed by atoms with Crippen molar-refractivity contribution in [2.24, 2.45) is 0 Å². The molecular weight excluding hydrogens is 358 g/mol. The molecule has 2 aromatic heterocycles. The van der Waals surface area contributed by atoms with E-state index in [9.17, 15) is 9.59 Å². The molecule has 3 aromatic rings. The number of carbonyl (C=O) groups is 1. The highest BCUT2D eigenvalue weighted by molar-refractivity contribution is 5.94. The number of aromatic amines is 1. The molecule has 1 aliphatic carbocycles. The molecule has 1 saturated heterocycles. The lowest BCUT2D eigenvalue weighted by Gasteiger charge is -2.21. The van der Waals surface area contributed by atoms with E-state index >= 15 is 0 Å². The van der Waals surface area contributed by atoms with Gasteiger partial charge in [-0.25, -0.2) is 4.98 Å². The SMILES string of the molecule is O=C(c1cnc(C2CC2)[nH]c1=O)N1CCCC1c1nc(-c2ccccc2)no1. The van der Waals surface area contributed by atoms with Crippen LogP contribution in [0.2, 0.25) is 0 Å². The molecule has 142 valence electrons. The molecule has 0 bridgehead atoms. The molecule has 1 amide bonds. The van der Waals surface area contributed by atoms with Crippen LogP contribution < -0.4 is 5.56 Å². The van der Waals surface area contributed by atoms with Crippen molar-refractivity contribution < 1.29 is 9.32 Å². The number of likely N-dealkylation sites (tertiary alicyclic amines) is 1. The van der Waals surface area contributed by atoms with Gasteiger partial charge in [-0.05, 0) is 25.7 Å². The summed E-state index contributed by atoms with van der Waals surface area (Å²) in [5.74, 6) is 1.53. The number of hydrogen-bond acceptors (Lipinski definition) is 6. The Morgan fingerprint density at radius 2 is 2.00 bits per heavy atom. The van der Waals surface area contributed by atoms with Gasteiger partial charge in [0.1, 0.15) is 17.4 Å². The summed E-state index contributed by atoms with van der Waals surface area (Å²) in [7, 11) is 0. The molecule has 8 nitrogen and oxygen atoms in total. The van der Waals surface area contributed by atoms with Gasteiger partial charge in [0.25, 0.3) is 11.5 Å². The van der Waals surface area contributed by atoms with Gasteiger partial charge in [-0.2, -0.15) is 4.98 Å². The third kappa shape index (κ3) is 3.00. The number of hydrogen-bond donors (Lipinski definition) is 1. The normalized spacial score (nSPS) is 19.1. The Morgan fingerprint density at radius 1 is 1.18 bits per heavy atom. The van der Waals surface area contributed by atoms with Gasteiger partial charge in [0, 0.05) is 24.2 Å². The highest BCUT2D eigenvalue weighted by Crippen LogP contribution is 2.37. The summed E-state index contributed by atoms with van der Waals surface area (Å²) in [6.45, 7) is 0.538. The third-order valence-electron chi connectivity index (χ3n) is 5.29. The fourth-order valence-electron chi connectivity index (χ4n) is 3.62. The summed E-state index contributed by atoms with van der Waals surface area (Å²) in [5, 5.41) is 4.05. The highest BCUT2D eigenvalue weighted by atomic mass is 16.5. The van der Waals surface area contributed by atoms with E-state index in [-0.39, 0.29) is 23.1 Å². The van der Waals surface area contributed by atoms with Crippen LogP contribution in [-0.4, -0.2) is 37.5 Å². The molecular formula is C20H19N5O3. The average Bonchev–Trinajstić information content (AvgIpc) is 3.25. The van der Waals surface area contributed by atoms with E-state index in [1.807, 2.05) is 30.3 Å². The molecule has 1 N–H and O–H groups in total. The van der Waals surface area contributed by atoms with Crippen LogP contribution >= 0.6 is 0 Å². The Labute approximate surface area is 160 Å². The zero-order chi connectivity index (χ0) is 19.1. The number of H-pyrrole nitrogens is 1. The lowest BCUT2D eigenvalue weighted by molar-refractivity contribution is 0.0707. The van der Waals surface area contributed by atoms with E-state index in [1.165, 1.54) is 6.20 Å². The number of carbonyl (C=O) groups excluding carboxylic acids is 1. The number of rotatable bonds is 4. The fraction of sp³-hybridized carbons (Fsp3) is 0.350. The summed E-state index contributed by atoms with van der Waals surface area (Å²) >= 11 is 0. The number of amides is 1. The Bertz CT molecular complexity index is 1070. The number of benzene rings is 1. The first kappa shape index (κ1) is 16.9. The van der Waals surface area contributed by atoms with Crippen LogP contribution in [0.5, 0.6) is 0 Å². The van der Waals surface area contributed by atoms with Crippen molar-refractivity contribution in [3.05, 3.63) is 64.2 Å². The molecule has 0 radical (unpaired) electrons. The Hall–Kier alpha value is -3.29. The minimum absolute atomic E-state index is 0.0547. The number of nitrogens with one attached hydrogen (secondary N) is 1. The predicted octanol–water partition coefficient (Wildman–Crippen LogP) is 2.67. The molecule has 0 spiro atoms. The molecule has 1 aliphatic heterocycles. The topological polar surface area (TPSA) is 105 Å². The summed E-state index contributed by atoms with van der Waals surface area (Å²) in [4.78, 5) is 38.6. The second-order valence-corrected chi connectivity index (χ2v) is 7.26. The van der Waals surface area contributed by atoms with E-state index in [1.54, 1.807) is 4.90 Å². The monoisotopic (exact) mass is 377 g/mol. The van der Waals surface area contributed by atoms with E-state index in [0.717, 1.165) is 24.8 Å². The van der Waals surface area contributed by atoms with Gasteiger partial charge in [-0.1, -0.05) is 35.5 Å². The summed E-state index contributed by atoms with van der Waals surface area (Å²) in [6, 6.07) is 9.20. The van der Waals surface area contributed by atoms with Gasteiger partial charge in [-0.3, -0.25) is 9.59 Å². The quantitative estimate of drug-likeness (QED) is 0.749. The van der Waals surface area contributed by atoms with Gasteiger partial charge in [-0.15, -0.1) is 0 Å². The largest absolute Gasteiger partial charge is 0.337 e. The van der Waals surface area contributed by atoms with E-state index in [0.29, 0.717) is 36.4 Å². The minimum atomic E-state index is -0.386.